The van der Waals surface area contributed by atoms with E-state index in [2.05, 4.69) is 40.5 Å². The second kappa shape index (κ2) is 6.37. The van der Waals surface area contributed by atoms with Crippen LogP contribution in [0.5, 0.6) is 5.75 Å². The summed E-state index contributed by atoms with van der Waals surface area (Å²) in [5, 5.41) is 4.23. The Bertz CT molecular complexity index is 603. The zero-order valence-electron chi connectivity index (χ0n) is 12.1. The Morgan fingerprint density at radius 3 is 2.76 bits per heavy atom. The van der Waals surface area contributed by atoms with E-state index in [0.29, 0.717) is 11.1 Å². The summed E-state index contributed by atoms with van der Waals surface area (Å²) in [5.74, 6) is 0.726. The summed E-state index contributed by atoms with van der Waals surface area (Å²) < 4.78 is 5.31. The minimum atomic E-state index is 0.349. The monoisotopic (exact) mass is 302 g/mol. The molecule has 21 heavy (non-hydrogen) atoms. The zero-order chi connectivity index (χ0) is 14.7. The van der Waals surface area contributed by atoms with E-state index in [1.807, 2.05) is 18.2 Å². The smallest absolute Gasteiger partial charge is 0.139 e. The molecular formula is C17H19ClN2O. The van der Waals surface area contributed by atoms with Crippen LogP contribution in [0.25, 0.3) is 0 Å². The van der Waals surface area contributed by atoms with Gasteiger partial charge in [0.05, 0.1) is 12.1 Å². The van der Waals surface area contributed by atoms with Gasteiger partial charge in [-0.1, -0.05) is 41.9 Å². The van der Waals surface area contributed by atoms with Gasteiger partial charge in [0.1, 0.15) is 5.75 Å². The summed E-state index contributed by atoms with van der Waals surface area (Å²) in [6, 6.07) is 16.9. The molecule has 1 fully saturated rings. The van der Waals surface area contributed by atoms with Crippen molar-refractivity contribution in [3.8, 4) is 5.75 Å². The molecule has 1 atom stereocenters. The highest BCUT2D eigenvalue weighted by Gasteiger charge is 2.21. The normalized spacial score (nSPS) is 18.6. The number of anilines is 1. The van der Waals surface area contributed by atoms with Crippen LogP contribution in [0, 0.1) is 0 Å². The molecule has 0 spiro atoms. The molecule has 1 saturated heterocycles. The van der Waals surface area contributed by atoms with Gasteiger partial charge in [-0.2, -0.15) is 0 Å². The predicted octanol–water partition coefficient (Wildman–Crippen LogP) is 3.50. The van der Waals surface area contributed by atoms with Crippen molar-refractivity contribution in [2.45, 2.75) is 6.04 Å². The molecule has 1 heterocycles. The number of ether oxygens (including phenoxy) is 1. The van der Waals surface area contributed by atoms with Crippen molar-refractivity contribution < 1.29 is 4.74 Å². The van der Waals surface area contributed by atoms with Crippen molar-refractivity contribution in [1.82, 2.24) is 5.32 Å². The molecule has 0 aliphatic carbocycles. The maximum Gasteiger partial charge on any atom is 0.139 e. The van der Waals surface area contributed by atoms with E-state index in [1.54, 1.807) is 7.11 Å². The largest absolute Gasteiger partial charge is 0.495 e. The highest BCUT2D eigenvalue weighted by atomic mass is 35.5. The number of benzene rings is 2. The van der Waals surface area contributed by atoms with Gasteiger partial charge in [0.2, 0.25) is 0 Å². The van der Waals surface area contributed by atoms with Crippen LogP contribution >= 0.6 is 11.6 Å². The second-order valence-electron chi connectivity index (χ2n) is 5.18. The molecule has 0 saturated carbocycles. The molecule has 1 aliphatic rings. The fourth-order valence-electron chi connectivity index (χ4n) is 2.74. The van der Waals surface area contributed by atoms with Crippen molar-refractivity contribution in [2.24, 2.45) is 0 Å². The van der Waals surface area contributed by atoms with Crippen LogP contribution in [0.4, 0.5) is 5.69 Å². The Morgan fingerprint density at radius 2 is 2.00 bits per heavy atom. The van der Waals surface area contributed by atoms with Gasteiger partial charge in [0.25, 0.3) is 0 Å². The number of hydrogen-bond donors (Lipinski definition) is 1. The minimum Gasteiger partial charge on any atom is -0.495 e. The fraction of sp³-hybridized carbons (Fsp3) is 0.294. The van der Waals surface area contributed by atoms with Crippen molar-refractivity contribution in [1.29, 1.82) is 0 Å². The van der Waals surface area contributed by atoms with Crippen LogP contribution in [0.15, 0.2) is 48.5 Å². The van der Waals surface area contributed by atoms with Gasteiger partial charge < -0.3 is 15.0 Å². The number of rotatable bonds is 3. The molecule has 0 aromatic heterocycles. The summed E-state index contributed by atoms with van der Waals surface area (Å²) in [4.78, 5) is 2.37. The van der Waals surface area contributed by atoms with Gasteiger partial charge in [-0.3, -0.25) is 0 Å². The third-order valence-electron chi connectivity index (χ3n) is 3.88. The quantitative estimate of drug-likeness (QED) is 0.939. The number of piperazine rings is 1. The molecule has 1 unspecified atom stereocenters. The molecule has 1 aliphatic heterocycles. The first-order valence-electron chi connectivity index (χ1n) is 7.15. The molecule has 3 nitrogen and oxygen atoms in total. The second-order valence-corrected chi connectivity index (χ2v) is 5.59. The van der Waals surface area contributed by atoms with E-state index in [-0.39, 0.29) is 0 Å². The maximum atomic E-state index is 6.10. The first-order chi connectivity index (χ1) is 10.3. The van der Waals surface area contributed by atoms with Crippen molar-refractivity contribution >= 4 is 17.3 Å². The van der Waals surface area contributed by atoms with E-state index >= 15 is 0 Å². The average Bonchev–Trinajstić information content (AvgIpc) is 2.56. The lowest BCUT2D eigenvalue weighted by Gasteiger charge is -2.35. The van der Waals surface area contributed by atoms with Crippen molar-refractivity contribution in [2.75, 3.05) is 31.6 Å². The Balaban J connectivity index is 1.80. The van der Waals surface area contributed by atoms with Crippen LogP contribution in [-0.4, -0.2) is 26.7 Å². The van der Waals surface area contributed by atoms with Crippen LogP contribution in [0.3, 0.4) is 0 Å². The highest BCUT2D eigenvalue weighted by molar-refractivity contribution is 6.32. The molecule has 110 valence electrons. The predicted molar refractivity (Wildman–Crippen MR) is 87.4 cm³/mol. The van der Waals surface area contributed by atoms with E-state index < -0.39 is 0 Å². The first-order valence-corrected chi connectivity index (χ1v) is 7.52. The Kier molecular flexibility index (Phi) is 4.32. The van der Waals surface area contributed by atoms with E-state index in [1.165, 1.54) is 5.56 Å². The summed E-state index contributed by atoms with van der Waals surface area (Å²) in [6.45, 7) is 2.88. The van der Waals surface area contributed by atoms with Crippen LogP contribution in [0.1, 0.15) is 11.6 Å². The first kappa shape index (κ1) is 14.2. The van der Waals surface area contributed by atoms with Gasteiger partial charge in [0.15, 0.2) is 0 Å². The van der Waals surface area contributed by atoms with E-state index in [9.17, 15) is 0 Å². The van der Waals surface area contributed by atoms with Gasteiger partial charge in [-0.05, 0) is 17.7 Å². The van der Waals surface area contributed by atoms with Crippen molar-refractivity contribution in [3.63, 3.8) is 0 Å². The average molecular weight is 303 g/mol. The van der Waals surface area contributed by atoms with Gasteiger partial charge in [0, 0.05) is 37.4 Å². The molecule has 0 amide bonds. The Morgan fingerprint density at radius 1 is 1.19 bits per heavy atom. The van der Waals surface area contributed by atoms with Crippen LogP contribution < -0.4 is 15.0 Å². The fourth-order valence-corrected chi connectivity index (χ4v) is 2.93. The van der Waals surface area contributed by atoms with Crippen LogP contribution in [0.2, 0.25) is 5.02 Å². The number of nitrogens with zero attached hydrogens (tertiary/aromatic N) is 1. The number of methoxy groups -OCH3 is 1. The lowest BCUT2D eigenvalue weighted by molar-refractivity contribution is 0.414. The molecule has 2 aromatic rings. The topological polar surface area (TPSA) is 24.5 Å². The molecule has 3 rings (SSSR count). The standard InChI is InChI=1S/C17H19ClN2O/c1-21-17-11-14(7-8-15(17)18)20-10-9-19-16(12-20)13-5-3-2-4-6-13/h2-8,11,16,19H,9-10,12H2,1H3. The summed E-state index contributed by atoms with van der Waals surface area (Å²) in [7, 11) is 1.65. The van der Waals surface area contributed by atoms with Gasteiger partial charge in [-0.25, -0.2) is 0 Å². The zero-order valence-corrected chi connectivity index (χ0v) is 12.8. The summed E-state index contributed by atoms with van der Waals surface area (Å²) in [5.41, 5.74) is 2.47. The number of halogens is 1. The Labute approximate surface area is 130 Å². The van der Waals surface area contributed by atoms with Crippen molar-refractivity contribution in [3.05, 3.63) is 59.1 Å². The summed E-state index contributed by atoms with van der Waals surface area (Å²) in [6.07, 6.45) is 0. The lowest BCUT2D eigenvalue weighted by atomic mass is 10.0. The van der Waals surface area contributed by atoms with E-state index in [4.69, 9.17) is 16.3 Å². The summed E-state index contributed by atoms with van der Waals surface area (Å²) >= 11 is 6.10. The minimum absolute atomic E-state index is 0.349. The molecule has 4 heteroatoms. The molecule has 1 N–H and O–H groups in total. The van der Waals surface area contributed by atoms with Crippen LogP contribution in [-0.2, 0) is 0 Å². The number of nitrogens with one attached hydrogen (secondary N) is 1. The molecule has 0 bridgehead atoms. The molecule has 2 aromatic carbocycles. The Hall–Kier alpha value is -1.71. The lowest BCUT2D eigenvalue weighted by Crippen LogP contribution is -2.45. The third kappa shape index (κ3) is 3.14. The third-order valence-corrected chi connectivity index (χ3v) is 4.19. The maximum absolute atomic E-state index is 6.10. The van der Waals surface area contributed by atoms with Gasteiger partial charge >= 0.3 is 0 Å². The molecular weight excluding hydrogens is 284 g/mol. The van der Waals surface area contributed by atoms with E-state index in [0.717, 1.165) is 31.1 Å². The van der Waals surface area contributed by atoms with Gasteiger partial charge in [-0.15, -0.1) is 0 Å². The molecule has 0 radical (unpaired) electrons. The highest BCUT2D eigenvalue weighted by Crippen LogP contribution is 2.31. The number of hydrogen-bond acceptors (Lipinski definition) is 3. The SMILES string of the molecule is COc1cc(N2CCNC(c3ccccc3)C2)ccc1Cl.